The van der Waals surface area contributed by atoms with Gasteiger partial charge >= 0.3 is 0 Å². The van der Waals surface area contributed by atoms with Gasteiger partial charge in [0.05, 0.1) is 11.1 Å². The first-order chi connectivity index (χ1) is 14.3. The van der Waals surface area contributed by atoms with Crippen molar-refractivity contribution in [3.63, 3.8) is 0 Å². The van der Waals surface area contributed by atoms with Crippen LogP contribution < -0.4 is 5.32 Å². The number of carbonyl (C=O) groups excluding carboxylic acids is 1. The van der Waals surface area contributed by atoms with E-state index in [1.807, 2.05) is 42.5 Å². The fraction of sp³-hybridized carbons (Fsp3) is 0.0435. The largest absolute Gasteiger partial charge is 0.459 e. The highest BCUT2D eigenvalue weighted by atomic mass is 32.1. The Labute approximate surface area is 170 Å². The number of rotatable bonds is 5. The predicted octanol–water partition coefficient (Wildman–Crippen LogP) is 5.99. The Hall–Kier alpha value is -3.64. The van der Waals surface area contributed by atoms with E-state index in [1.165, 1.54) is 6.26 Å². The number of hydrogen-bond acceptors (Lipinski definition) is 5. The summed E-state index contributed by atoms with van der Waals surface area (Å²) in [7, 11) is 0. The highest BCUT2D eigenvalue weighted by Crippen LogP contribution is 2.35. The molecule has 29 heavy (non-hydrogen) atoms. The number of anilines is 1. The zero-order valence-electron chi connectivity index (χ0n) is 15.3. The molecule has 3 aromatic heterocycles. The van der Waals surface area contributed by atoms with E-state index in [-0.39, 0.29) is 11.7 Å². The van der Waals surface area contributed by atoms with E-state index in [0.717, 1.165) is 20.5 Å². The van der Waals surface area contributed by atoms with Gasteiger partial charge in [-0.1, -0.05) is 48.5 Å². The van der Waals surface area contributed by atoms with Crippen molar-refractivity contribution in [2.24, 2.45) is 0 Å². The number of thiophene rings is 1. The summed E-state index contributed by atoms with van der Waals surface area (Å²) in [6, 6.07) is 23.4. The Morgan fingerprint density at radius 3 is 2.62 bits per heavy atom. The van der Waals surface area contributed by atoms with Gasteiger partial charge in [0.1, 0.15) is 5.69 Å². The quantitative estimate of drug-likeness (QED) is 0.393. The number of fused-ring (bicyclic) bond motifs is 1. The number of aromatic nitrogens is 1. The molecule has 5 nitrogen and oxygen atoms in total. The van der Waals surface area contributed by atoms with Crippen LogP contribution in [0.1, 0.15) is 21.8 Å². The lowest BCUT2D eigenvalue weighted by Gasteiger charge is -2.02. The molecule has 0 fully saturated rings. The SMILES string of the molecule is O=C(Nc1oc(-c2cc3ccccc3s2)nc1Cc1ccccc1)c1ccco1. The molecule has 0 saturated carbocycles. The molecule has 2 aromatic carbocycles. The molecule has 0 aliphatic heterocycles. The van der Waals surface area contributed by atoms with Crippen LogP contribution in [0.4, 0.5) is 5.88 Å². The first-order valence-electron chi connectivity index (χ1n) is 9.14. The molecule has 1 N–H and O–H groups in total. The van der Waals surface area contributed by atoms with Crippen molar-refractivity contribution >= 4 is 33.2 Å². The molecule has 0 aliphatic carbocycles. The van der Waals surface area contributed by atoms with Crippen LogP contribution in [0.15, 0.2) is 87.9 Å². The normalized spacial score (nSPS) is 11.0. The Morgan fingerprint density at radius 2 is 1.83 bits per heavy atom. The fourth-order valence-corrected chi connectivity index (χ4v) is 4.11. The van der Waals surface area contributed by atoms with Gasteiger partial charge < -0.3 is 8.83 Å². The van der Waals surface area contributed by atoms with E-state index in [1.54, 1.807) is 23.5 Å². The summed E-state index contributed by atoms with van der Waals surface area (Å²) in [5.41, 5.74) is 1.75. The predicted molar refractivity (Wildman–Crippen MR) is 113 cm³/mol. The lowest BCUT2D eigenvalue weighted by molar-refractivity contribution is 0.0994. The minimum Gasteiger partial charge on any atom is -0.459 e. The summed E-state index contributed by atoms with van der Waals surface area (Å²) in [5, 5.41) is 3.94. The fourth-order valence-electron chi connectivity index (χ4n) is 3.12. The Kier molecular flexibility index (Phi) is 4.46. The van der Waals surface area contributed by atoms with E-state index in [0.29, 0.717) is 23.9 Å². The summed E-state index contributed by atoms with van der Waals surface area (Å²) >= 11 is 1.61. The molecule has 6 heteroatoms. The number of amides is 1. The van der Waals surface area contributed by atoms with Crippen molar-refractivity contribution in [3.8, 4) is 10.8 Å². The summed E-state index contributed by atoms with van der Waals surface area (Å²) in [4.78, 5) is 18.1. The Balaban J connectivity index is 1.53. The molecule has 5 aromatic rings. The standard InChI is InChI=1S/C23H16N2O3S/c26-21(18-10-6-12-27-18)25-22-17(13-15-7-2-1-3-8-15)24-23(28-22)20-14-16-9-4-5-11-19(16)29-20/h1-12,14H,13H2,(H,25,26). The molecule has 0 unspecified atom stereocenters. The molecule has 5 rings (SSSR count). The summed E-state index contributed by atoms with van der Waals surface area (Å²) in [5.74, 6) is 0.674. The summed E-state index contributed by atoms with van der Waals surface area (Å²) < 4.78 is 12.3. The number of benzene rings is 2. The van der Waals surface area contributed by atoms with Gasteiger partial charge in [-0.25, -0.2) is 4.98 Å². The first kappa shape index (κ1) is 17.5. The van der Waals surface area contributed by atoms with Crippen LogP contribution in [0.2, 0.25) is 0 Å². The molecule has 3 heterocycles. The van der Waals surface area contributed by atoms with Crippen molar-refractivity contribution in [3.05, 3.63) is 96.1 Å². The zero-order chi connectivity index (χ0) is 19.6. The van der Waals surface area contributed by atoms with Gasteiger partial charge in [0, 0.05) is 11.1 Å². The third kappa shape index (κ3) is 3.58. The summed E-state index contributed by atoms with van der Waals surface area (Å²) in [6.07, 6.45) is 2.01. The Bertz CT molecular complexity index is 1240. The maximum Gasteiger partial charge on any atom is 0.293 e. The van der Waals surface area contributed by atoms with E-state index >= 15 is 0 Å². The van der Waals surface area contributed by atoms with Crippen LogP contribution in [0.5, 0.6) is 0 Å². The second-order valence-electron chi connectivity index (χ2n) is 6.54. The number of hydrogen-bond donors (Lipinski definition) is 1. The molecule has 0 aliphatic rings. The van der Waals surface area contributed by atoms with E-state index in [2.05, 4.69) is 23.5 Å². The molecule has 0 atom stereocenters. The van der Waals surface area contributed by atoms with Crippen LogP contribution in [-0.4, -0.2) is 10.9 Å². The van der Waals surface area contributed by atoms with Crippen molar-refractivity contribution in [2.75, 3.05) is 5.32 Å². The highest BCUT2D eigenvalue weighted by molar-refractivity contribution is 7.22. The molecular weight excluding hydrogens is 384 g/mol. The number of nitrogens with one attached hydrogen (secondary N) is 1. The summed E-state index contributed by atoms with van der Waals surface area (Å²) in [6.45, 7) is 0. The van der Waals surface area contributed by atoms with Crippen LogP contribution in [0, 0.1) is 0 Å². The maximum absolute atomic E-state index is 12.5. The lowest BCUT2D eigenvalue weighted by atomic mass is 10.1. The third-order valence-corrected chi connectivity index (χ3v) is 5.62. The van der Waals surface area contributed by atoms with E-state index in [9.17, 15) is 4.79 Å². The smallest absolute Gasteiger partial charge is 0.293 e. The average Bonchev–Trinajstić information content (AvgIpc) is 3.49. The van der Waals surface area contributed by atoms with Crippen LogP contribution in [0.3, 0.4) is 0 Å². The van der Waals surface area contributed by atoms with Gasteiger partial charge in [-0.15, -0.1) is 11.3 Å². The van der Waals surface area contributed by atoms with Crippen molar-refractivity contribution < 1.29 is 13.6 Å². The maximum atomic E-state index is 12.5. The van der Waals surface area contributed by atoms with Gasteiger partial charge in [0.2, 0.25) is 11.8 Å². The van der Waals surface area contributed by atoms with Gasteiger partial charge in [0.25, 0.3) is 5.91 Å². The van der Waals surface area contributed by atoms with Gasteiger partial charge in [-0.05, 0) is 35.2 Å². The highest BCUT2D eigenvalue weighted by Gasteiger charge is 2.20. The topological polar surface area (TPSA) is 68.3 Å². The van der Waals surface area contributed by atoms with Crippen LogP contribution in [0.25, 0.3) is 20.9 Å². The number of oxazole rings is 1. The van der Waals surface area contributed by atoms with Gasteiger partial charge in [-0.3, -0.25) is 10.1 Å². The van der Waals surface area contributed by atoms with E-state index < -0.39 is 0 Å². The zero-order valence-corrected chi connectivity index (χ0v) is 16.1. The number of carbonyl (C=O) groups is 1. The third-order valence-electron chi connectivity index (χ3n) is 4.52. The van der Waals surface area contributed by atoms with Crippen molar-refractivity contribution in [2.45, 2.75) is 6.42 Å². The van der Waals surface area contributed by atoms with E-state index in [4.69, 9.17) is 13.8 Å². The lowest BCUT2D eigenvalue weighted by Crippen LogP contribution is -2.11. The number of furan rings is 1. The molecule has 1 amide bonds. The number of nitrogens with zero attached hydrogens (tertiary/aromatic N) is 1. The molecule has 0 radical (unpaired) electrons. The second-order valence-corrected chi connectivity index (χ2v) is 7.62. The van der Waals surface area contributed by atoms with Crippen molar-refractivity contribution in [1.29, 1.82) is 0 Å². The second kappa shape index (κ2) is 7.41. The molecule has 0 bridgehead atoms. The van der Waals surface area contributed by atoms with Crippen LogP contribution >= 0.6 is 11.3 Å². The van der Waals surface area contributed by atoms with Crippen LogP contribution in [-0.2, 0) is 6.42 Å². The molecule has 0 saturated heterocycles. The first-order valence-corrected chi connectivity index (χ1v) is 9.95. The molecular formula is C23H16N2O3S. The van der Waals surface area contributed by atoms with Crippen molar-refractivity contribution in [1.82, 2.24) is 4.98 Å². The molecule has 142 valence electrons. The molecule has 0 spiro atoms. The minimum atomic E-state index is -0.372. The van der Waals surface area contributed by atoms with Gasteiger partial charge in [-0.2, -0.15) is 0 Å². The minimum absolute atomic E-state index is 0.218. The average molecular weight is 400 g/mol. The van der Waals surface area contributed by atoms with Gasteiger partial charge in [0.15, 0.2) is 5.76 Å². The monoisotopic (exact) mass is 400 g/mol. The Morgan fingerprint density at radius 1 is 1.00 bits per heavy atom.